The minimum Gasteiger partial charge on any atom is -0.324 e. The third-order valence-corrected chi connectivity index (χ3v) is 4.05. The number of rotatable bonds is 3. The van der Waals surface area contributed by atoms with Crippen molar-refractivity contribution in [3.8, 4) is 11.8 Å². The van der Waals surface area contributed by atoms with Crippen molar-refractivity contribution >= 4 is 22.5 Å². The molecule has 0 unspecified atom stereocenters. The second-order valence-corrected chi connectivity index (χ2v) is 5.89. The van der Waals surface area contributed by atoms with E-state index in [1.807, 2.05) is 6.07 Å². The van der Waals surface area contributed by atoms with Crippen molar-refractivity contribution in [2.45, 2.75) is 0 Å². The number of benzene rings is 2. The van der Waals surface area contributed by atoms with Gasteiger partial charge in [-0.05, 0) is 30.3 Å². The van der Waals surface area contributed by atoms with Crippen LogP contribution in [0.3, 0.4) is 0 Å². The maximum atomic E-state index is 14.4. The first-order valence-electron chi connectivity index (χ1n) is 8.16. The minimum absolute atomic E-state index is 0.0142. The van der Waals surface area contributed by atoms with Crippen LogP contribution in [-0.2, 0) is 0 Å². The number of aromatic nitrogens is 3. The lowest BCUT2D eigenvalue weighted by Gasteiger charge is -2.15. The van der Waals surface area contributed by atoms with Crippen molar-refractivity contribution in [1.82, 2.24) is 14.5 Å². The van der Waals surface area contributed by atoms with Crippen molar-refractivity contribution in [2.24, 2.45) is 0 Å². The van der Waals surface area contributed by atoms with Crippen molar-refractivity contribution in [3.63, 3.8) is 0 Å². The zero-order valence-corrected chi connectivity index (χ0v) is 14.2. The topological polar surface area (TPSA) is 83.6 Å². The third kappa shape index (κ3) is 3.05. The number of nitrogens with zero attached hydrogens (tertiary/aromatic N) is 4. The lowest BCUT2D eigenvalue weighted by Crippen LogP contribution is -2.23. The average molecular weight is 375 g/mol. The summed E-state index contributed by atoms with van der Waals surface area (Å²) in [6.45, 7) is 0. The summed E-state index contributed by atoms with van der Waals surface area (Å²) in [7, 11) is 0. The molecule has 2 heterocycles. The molecule has 0 radical (unpaired) electrons. The van der Waals surface area contributed by atoms with Crippen LogP contribution in [0.15, 0.2) is 65.7 Å². The van der Waals surface area contributed by atoms with Crippen molar-refractivity contribution in [1.29, 1.82) is 5.26 Å². The van der Waals surface area contributed by atoms with Gasteiger partial charge >= 0.3 is 0 Å². The standard InChI is InChI=1S/C20H11F2N5O/c21-13-8-14(11-24-10-13)25-20-26-17-6-5-12(9-23)7-15(17)19(28)27(20)18-4-2-1-3-16(18)22/h1-8,10-11H,(H,25,26). The number of hydrogen-bond donors (Lipinski definition) is 1. The van der Waals surface area contributed by atoms with E-state index in [0.29, 0.717) is 5.52 Å². The van der Waals surface area contributed by atoms with Gasteiger partial charge in [-0.25, -0.2) is 18.3 Å². The molecule has 0 aliphatic carbocycles. The average Bonchev–Trinajstić information content (AvgIpc) is 2.69. The first kappa shape index (κ1) is 17.3. The van der Waals surface area contributed by atoms with Crippen LogP contribution in [0.4, 0.5) is 20.4 Å². The molecule has 0 aliphatic rings. The quantitative estimate of drug-likeness (QED) is 0.591. The van der Waals surface area contributed by atoms with Gasteiger partial charge in [0.15, 0.2) is 0 Å². The summed E-state index contributed by atoms with van der Waals surface area (Å²) < 4.78 is 29.0. The van der Waals surface area contributed by atoms with Crippen LogP contribution >= 0.6 is 0 Å². The van der Waals surface area contributed by atoms with E-state index in [1.54, 1.807) is 6.07 Å². The molecular formula is C20H11F2N5O. The summed E-state index contributed by atoms with van der Waals surface area (Å²) in [5, 5.41) is 12.1. The van der Waals surface area contributed by atoms with Crippen LogP contribution in [0, 0.1) is 23.0 Å². The number of fused-ring (bicyclic) bond motifs is 1. The summed E-state index contributed by atoms with van der Waals surface area (Å²) in [5.41, 5.74) is 0.227. The van der Waals surface area contributed by atoms with E-state index in [9.17, 15) is 13.6 Å². The number of para-hydroxylation sites is 1. The number of nitrogens with one attached hydrogen (secondary N) is 1. The van der Waals surface area contributed by atoms with E-state index in [2.05, 4.69) is 15.3 Å². The van der Waals surface area contributed by atoms with Crippen LogP contribution < -0.4 is 10.9 Å². The molecule has 28 heavy (non-hydrogen) atoms. The predicted octanol–water partition coefficient (Wildman–Crippen LogP) is 3.67. The van der Waals surface area contributed by atoms with Gasteiger partial charge in [-0.2, -0.15) is 5.26 Å². The number of hydrogen-bond acceptors (Lipinski definition) is 5. The largest absolute Gasteiger partial charge is 0.324 e. The molecule has 0 saturated carbocycles. The summed E-state index contributed by atoms with van der Waals surface area (Å²) in [5.74, 6) is -1.23. The Morgan fingerprint density at radius 2 is 1.89 bits per heavy atom. The monoisotopic (exact) mass is 375 g/mol. The zero-order chi connectivity index (χ0) is 19.7. The molecule has 6 nitrogen and oxygen atoms in total. The molecule has 2 aromatic carbocycles. The van der Waals surface area contributed by atoms with E-state index < -0.39 is 17.2 Å². The molecule has 0 saturated heterocycles. The summed E-state index contributed by atoms with van der Waals surface area (Å²) >= 11 is 0. The lowest BCUT2D eigenvalue weighted by molar-refractivity contribution is 0.616. The highest BCUT2D eigenvalue weighted by Gasteiger charge is 2.16. The van der Waals surface area contributed by atoms with Crippen LogP contribution in [0.25, 0.3) is 16.6 Å². The van der Waals surface area contributed by atoms with Crippen molar-refractivity contribution in [2.75, 3.05) is 5.32 Å². The van der Waals surface area contributed by atoms with Gasteiger partial charge in [0.25, 0.3) is 5.56 Å². The molecule has 1 N–H and O–H groups in total. The third-order valence-electron chi connectivity index (χ3n) is 4.05. The van der Waals surface area contributed by atoms with E-state index >= 15 is 0 Å². The molecule has 0 atom stereocenters. The number of pyridine rings is 1. The Kier molecular flexibility index (Phi) is 4.26. The van der Waals surface area contributed by atoms with Gasteiger partial charge in [0.2, 0.25) is 5.95 Å². The van der Waals surface area contributed by atoms with Gasteiger partial charge in [-0.3, -0.25) is 9.78 Å². The van der Waals surface area contributed by atoms with E-state index in [1.165, 1.54) is 48.7 Å². The maximum Gasteiger partial charge on any atom is 0.267 e. The SMILES string of the molecule is N#Cc1ccc2nc(Nc3cncc(F)c3)n(-c3ccccc3F)c(=O)c2c1. The fourth-order valence-corrected chi connectivity index (χ4v) is 2.80. The summed E-state index contributed by atoms with van der Waals surface area (Å²) in [4.78, 5) is 21.3. The van der Waals surface area contributed by atoms with Gasteiger partial charge in [0.1, 0.15) is 11.6 Å². The van der Waals surface area contributed by atoms with E-state index in [-0.39, 0.29) is 28.3 Å². The molecule has 8 heteroatoms. The molecule has 0 amide bonds. The fourth-order valence-electron chi connectivity index (χ4n) is 2.80. The van der Waals surface area contributed by atoms with Crippen molar-refractivity contribution < 1.29 is 8.78 Å². The molecule has 4 rings (SSSR count). The first-order valence-corrected chi connectivity index (χ1v) is 8.16. The lowest BCUT2D eigenvalue weighted by atomic mass is 10.1. The minimum atomic E-state index is -0.636. The molecule has 2 aromatic heterocycles. The Hall–Kier alpha value is -4.12. The zero-order valence-electron chi connectivity index (χ0n) is 14.2. The van der Waals surface area contributed by atoms with E-state index in [4.69, 9.17) is 5.26 Å². The Balaban J connectivity index is 2.02. The van der Waals surface area contributed by atoms with Gasteiger partial charge in [0.05, 0.1) is 46.3 Å². The second-order valence-electron chi connectivity index (χ2n) is 5.89. The van der Waals surface area contributed by atoms with Crippen LogP contribution in [0.1, 0.15) is 5.56 Å². The molecule has 4 aromatic rings. The predicted molar refractivity (Wildman–Crippen MR) is 99.5 cm³/mol. The number of nitriles is 1. The Morgan fingerprint density at radius 1 is 1.07 bits per heavy atom. The van der Waals surface area contributed by atoms with Crippen LogP contribution in [-0.4, -0.2) is 14.5 Å². The Bertz CT molecular complexity index is 1310. The van der Waals surface area contributed by atoms with Gasteiger partial charge < -0.3 is 5.32 Å². The normalized spacial score (nSPS) is 10.6. The smallest absolute Gasteiger partial charge is 0.267 e. The summed E-state index contributed by atoms with van der Waals surface area (Å²) in [6.07, 6.45) is 2.39. The second kappa shape index (κ2) is 6.89. The molecule has 0 spiro atoms. The fraction of sp³-hybridized carbons (Fsp3) is 0. The Labute approximate surface area is 157 Å². The van der Waals surface area contributed by atoms with Crippen LogP contribution in [0.2, 0.25) is 0 Å². The molecule has 0 fully saturated rings. The van der Waals surface area contributed by atoms with Gasteiger partial charge in [-0.1, -0.05) is 12.1 Å². The van der Waals surface area contributed by atoms with E-state index in [0.717, 1.165) is 10.8 Å². The first-order chi connectivity index (χ1) is 13.6. The highest BCUT2D eigenvalue weighted by Crippen LogP contribution is 2.22. The maximum absolute atomic E-state index is 14.4. The van der Waals surface area contributed by atoms with Gasteiger partial charge in [-0.15, -0.1) is 0 Å². The Morgan fingerprint density at radius 3 is 2.64 bits per heavy atom. The van der Waals surface area contributed by atoms with Crippen LogP contribution in [0.5, 0.6) is 0 Å². The molecule has 0 bridgehead atoms. The molecular weight excluding hydrogens is 364 g/mol. The molecule has 0 aliphatic heterocycles. The molecule has 136 valence electrons. The van der Waals surface area contributed by atoms with Gasteiger partial charge in [0, 0.05) is 6.07 Å². The van der Waals surface area contributed by atoms with Crippen molar-refractivity contribution in [3.05, 3.63) is 88.5 Å². The highest BCUT2D eigenvalue weighted by molar-refractivity contribution is 5.81. The summed E-state index contributed by atoms with van der Waals surface area (Å²) in [6, 6.07) is 13.3. The highest BCUT2D eigenvalue weighted by atomic mass is 19.1. The number of halogens is 2. The number of anilines is 2.